The molecule has 6 nitrogen and oxygen atoms in total. The van der Waals surface area contributed by atoms with Gasteiger partial charge >= 0.3 is 5.97 Å². The third kappa shape index (κ3) is 4.27. The SMILES string of the molecule is Cc1ccc(C(C)C)c(OCC(=O)Oc2ccc(-c3nnco3)cc2)c1. The average Bonchev–Trinajstić information content (AvgIpc) is 3.15. The van der Waals surface area contributed by atoms with Gasteiger partial charge in [-0.3, -0.25) is 0 Å². The Bertz CT molecular complexity index is 871. The second-order valence-electron chi connectivity index (χ2n) is 6.23. The minimum absolute atomic E-state index is 0.158. The highest BCUT2D eigenvalue weighted by molar-refractivity contribution is 5.74. The Kier molecular flexibility index (Phi) is 5.31. The van der Waals surface area contributed by atoms with Gasteiger partial charge in [-0.15, -0.1) is 10.2 Å². The van der Waals surface area contributed by atoms with Crippen molar-refractivity contribution in [2.24, 2.45) is 0 Å². The van der Waals surface area contributed by atoms with Crippen LogP contribution in [0, 0.1) is 6.92 Å². The fourth-order valence-electron chi connectivity index (χ4n) is 2.51. The highest BCUT2D eigenvalue weighted by atomic mass is 16.6. The van der Waals surface area contributed by atoms with Crippen LogP contribution in [0.15, 0.2) is 53.3 Å². The maximum atomic E-state index is 12.1. The number of esters is 1. The van der Waals surface area contributed by atoms with Crippen LogP contribution in [0.1, 0.15) is 30.9 Å². The van der Waals surface area contributed by atoms with E-state index in [-0.39, 0.29) is 6.61 Å². The standard InChI is InChI=1S/C20H20N2O4/c1-13(2)17-9-4-14(3)10-18(17)24-11-19(23)26-16-7-5-15(6-8-16)20-22-21-12-25-20/h4-10,12-13H,11H2,1-3H3. The van der Waals surface area contributed by atoms with E-state index in [2.05, 4.69) is 24.0 Å². The zero-order valence-corrected chi connectivity index (χ0v) is 14.9. The number of ether oxygens (including phenoxy) is 2. The maximum Gasteiger partial charge on any atom is 0.349 e. The molecular formula is C20H20N2O4. The summed E-state index contributed by atoms with van der Waals surface area (Å²) < 4.78 is 16.1. The molecule has 26 heavy (non-hydrogen) atoms. The Balaban J connectivity index is 1.60. The van der Waals surface area contributed by atoms with Crippen molar-refractivity contribution in [3.05, 3.63) is 60.0 Å². The van der Waals surface area contributed by atoms with Crippen LogP contribution < -0.4 is 9.47 Å². The zero-order valence-electron chi connectivity index (χ0n) is 14.9. The molecule has 0 unspecified atom stereocenters. The number of benzene rings is 2. The second kappa shape index (κ2) is 7.82. The summed E-state index contributed by atoms with van der Waals surface area (Å²) in [5.41, 5.74) is 2.89. The number of rotatable bonds is 6. The molecule has 0 aliphatic carbocycles. The molecule has 0 saturated heterocycles. The van der Waals surface area contributed by atoms with Crippen molar-refractivity contribution in [2.75, 3.05) is 6.61 Å². The van der Waals surface area contributed by atoms with Crippen LogP contribution in [0.2, 0.25) is 0 Å². The summed E-state index contributed by atoms with van der Waals surface area (Å²) in [4.78, 5) is 12.1. The minimum Gasteiger partial charge on any atom is -0.482 e. The molecule has 134 valence electrons. The van der Waals surface area contributed by atoms with E-state index in [1.165, 1.54) is 6.39 Å². The van der Waals surface area contributed by atoms with Crippen LogP contribution in [0.5, 0.6) is 11.5 Å². The van der Waals surface area contributed by atoms with Crippen molar-refractivity contribution in [1.29, 1.82) is 0 Å². The molecule has 1 aromatic heterocycles. The number of aromatic nitrogens is 2. The predicted molar refractivity (Wildman–Crippen MR) is 96.1 cm³/mol. The van der Waals surface area contributed by atoms with Crippen LogP contribution in [-0.2, 0) is 4.79 Å². The maximum absolute atomic E-state index is 12.1. The van der Waals surface area contributed by atoms with Crippen molar-refractivity contribution in [2.45, 2.75) is 26.7 Å². The van der Waals surface area contributed by atoms with Crippen molar-refractivity contribution in [3.8, 4) is 23.0 Å². The molecule has 2 aromatic carbocycles. The summed E-state index contributed by atoms with van der Waals surface area (Å²) in [6, 6.07) is 12.8. The summed E-state index contributed by atoms with van der Waals surface area (Å²) in [6.07, 6.45) is 1.26. The fraction of sp³-hybridized carbons (Fsp3) is 0.250. The molecule has 0 aliphatic rings. The van der Waals surface area contributed by atoms with E-state index in [1.807, 2.05) is 25.1 Å². The van der Waals surface area contributed by atoms with Crippen molar-refractivity contribution < 1.29 is 18.7 Å². The molecule has 1 heterocycles. The summed E-state index contributed by atoms with van der Waals surface area (Å²) in [5, 5.41) is 7.45. The molecule has 0 saturated carbocycles. The fourth-order valence-corrected chi connectivity index (χ4v) is 2.51. The number of hydrogen-bond acceptors (Lipinski definition) is 6. The Morgan fingerprint density at radius 3 is 2.58 bits per heavy atom. The van der Waals surface area contributed by atoms with Gasteiger partial charge < -0.3 is 13.9 Å². The lowest BCUT2D eigenvalue weighted by Gasteiger charge is -2.14. The van der Waals surface area contributed by atoms with Gasteiger partial charge in [0.05, 0.1) is 0 Å². The molecule has 3 aromatic rings. The average molecular weight is 352 g/mol. The van der Waals surface area contributed by atoms with E-state index in [0.717, 1.165) is 16.7 Å². The van der Waals surface area contributed by atoms with Gasteiger partial charge in [-0.1, -0.05) is 26.0 Å². The molecule has 0 radical (unpaired) electrons. The molecular weight excluding hydrogens is 332 g/mol. The van der Waals surface area contributed by atoms with Gasteiger partial charge in [0.25, 0.3) is 0 Å². The monoisotopic (exact) mass is 352 g/mol. The first-order valence-electron chi connectivity index (χ1n) is 8.33. The molecule has 0 fully saturated rings. The Morgan fingerprint density at radius 2 is 1.92 bits per heavy atom. The van der Waals surface area contributed by atoms with Gasteiger partial charge in [-0.25, -0.2) is 4.79 Å². The summed E-state index contributed by atoms with van der Waals surface area (Å²) >= 11 is 0. The third-order valence-electron chi connectivity index (χ3n) is 3.83. The predicted octanol–water partition coefficient (Wildman–Crippen LogP) is 4.15. The minimum atomic E-state index is -0.466. The molecule has 0 spiro atoms. The highest BCUT2D eigenvalue weighted by Gasteiger charge is 2.12. The first kappa shape index (κ1) is 17.7. The van der Waals surface area contributed by atoms with E-state index in [9.17, 15) is 4.79 Å². The molecule has 0 aliphatic heterocycles. The van der Waals surface area contributed by atoms with E-state index in [1.54, 1.807) is 24.3 Å². The van der Waals surface area contributed by atoms with E-state index >= 15 is 0 Å². The Hall–Kier alpha value is -3.15. The van der Waals surface area contributed by atoms with Gasteiger partial charge in [0, 0.05) is 5.56 Å². The van der Waals surface area contributed by atoms with E-state index in [0.29, 0.717) is 23.3 Å². The van der Waals surface area contributed by atoms with Gasteiger partial charge in [-0.05, 0) is 54.3 Å². The van der Waals surface area contributed by atoms with Gasteiger partial charge in [-0.2, -0.15) is 0 Å². The molecule has 6 heteroatoms. The number of aryl methyl sites for hydroxylation is 1. The van der Waals surface area contributed by atoms with Gasteiger partial charge in [0.15, 0.2) is 6.61 Å². The summed E-state index contributed by atoms with van der Waals surface area (Å²) in [7, 11) is 0. The number of hydrogen-bond donors (Lipinski definition) is 0. The zero-order chi connectivity index (χ0) is 18.5. The van der Waals surface area contributed by atoms with Crippen LogP contribution in [0.4, 0.5) is 0 Å². The van der Waals surface area contributed by atoms with Gasteiger partial charge in [0.2, 0.25) is 12.3 Å². The van der Waals surface area contributed by atoms with Crippen molar-refractivity contribution in [1.82, 2.24) is 10.2 Å². The normalized spacial score (nSPS) is 10.8. The molecule has 0 bridgehead atoms. The molecule has 0 atom stereocenters. The summed E-state index contributed by atoms with van der Waals surface area (Å²) in [5.74, 6) is 1.39. The lowest BCUT2D eigenvalue weighted by molar-refractivity contribution is -0.136. The highest BCUT2D eigenvalue weighted by Crippen LogP contribution is 2.27. The molecule has 0 N–H and O–H groups in total. The summed E-state index contributed by atoms with van der Waals surface area (Å²) in [6.45, 7) is 6.00. The molecule has 3 rings (SSSR count). The smallest absolute Gasteiger partial charge is 0.349 e. The lowest BCUT2D eigenvalue weighted by atomic mass is 10.0. The molecule has 0 amide bonds. The van der Waals surface area contributed by atoms with Gasteiger partial charge in [0.1, 0.15) is 11.5 Å². The largest absolute Gasteiger partial charge is 0.482 e. The Labute approximate surface area is 151 Å². The van der Waals surface area contributed by atoms with Crippen LogP contribution in [0.25, 0.3) is 11.5 Å². The first-order chi connectivity index (χ1) is 12.5. The number of carbonyl (C=O) groups is 1. The first-order valence-corrected chi connectivity index (χ1v) is 8.33. The van der Waals surface area contributed by atoms with Crippen molar-refractivity contribution in [3.63, 3.8) is 0 Å². The second-order valence-corrected chi connectivity index (χ2v) is 6.23. The van der Waals surface area contributed by atoms with Crippen LogP contribution >= 0.6 is 0 Å². The lowest BCUT2D eigenvalue weighted by Crippen LogP contribution is -2.18. The Morgan fingerprint density at radius 1 is 1.15 bits per heavy atom. The number of nitrogens with zero attached hydrogens (tertiary/aromatic N) is 2. The van der Waals surface area contributed by atoms with Crippen LogP contribution in [-0.4, -0.2) is 22.8 Å². The third-order valence-corrected chi connectivity index (χ3v) is 3.83. The topological polar surface area (TPSA) is 74.5 Å². The number of carbonyl (C=O) groups excluding carboxylic acids is 1. The van der Waals surface area contributed by atoms with Crippen molar-refractivity contribution >= 4 is 5.97 Å². The quantitative estimate of drug-likeness (QED) is 0.490. The van der Waals surface area contributed by atoms with Crippen LogP contribution in [0.3, 0.4) is 0 Å². The van der Waals surface area contributed by atoms with E-state index in [4.69, 9.17) is 13.9 Å². The van der Waals surface area contributed by atoms with E-state index < -0.39 is 5.97 Å².